The number of anilines is 1. The van der Waals surface area contributed by atoms with Crippen molar-refractivity contribution < 1.29 is 42.9 Å². The Balaban J connectivity index is 2.70. The third kappa shape index (κ3) is 6.40. The second-order valence-electron chi connectivity index (χ2n) is 7.51. The molecule has 0 aromatic carbocycles. The summed E-state index contributed by atoms with van der Waals surface area (Å²) in [5.41, 5.74) is -1.83. The van der Waals surface area contributed by atoms with Gasteiger partial charge in [-0.15, -0.1) is 5.10 Å². The Bertz CT molecular complexity index is 1060. The van der Waals surface area contributed by atoms with Gasteiger partial charge in [0.25, 0.3) is 5.56 Å². The molecule has 1 saturated heterocycles. The highest BCUT2D eigenvalue weighted by atomic mass is 16.7. The van der Waals surface area contributed by atoms with E-state index in [0.717, 1.165) is 27.7 Å². The second-order valence-corrected chi connectivity index (χ2v) is 7.51. The average molecular weight is 486 g/mol. The number of ether oxygens (including phenoxy) is 5. The van der Waals surface area contributed by atoms with Gasteiger partial charge in [-0.1, -0.05) is 0 Å². The summed E-state index contributed by atoms with van der Waals surface area (Å²) in [6, 6.07) is 0. The lowest BCUT2D eigenvalue weighted by Crippen LogP contribution is -2.62. The first-order valence-corrected chi connectivity index (χ1v) is 10.0. The lowest BCUT2D eigenvalue weighted by atomic mass is 9.97. The molecule has 15 nitrogen and oxygen atoms in total. The minimum atomic E-state index is -1.58. The van der Waals surface area contributed by atoms with Gasteiger partial charge in [0.1, 0.15) is 12.7 Å². The summed E-state index contributed by atoms with van der Waals surface area (Å²) in [6.07, 6.45) is -7.30. The number of carbonyl (C=O) groups is 4. The summed E-state index contributed by atoms with van der Waals surface area (Å²) in [5.74, 6) is -3.36. The fourth-order valence-corrected chi connectivity index (χ4v) is 3.27. The molecule has 2 heterocycles. The fraction of sp³-hybridized carbons (Fsp3) is 0.632. The number of aromatic nitrogens is 3. The van der Waals surface area contributed by atoms with Crippen molar-refractivity contribution in [1.29, 1.82) is 0 Å². The number of carbonyl (C=O) groups excluding carboxylic acids is 4. The van der Waals surface area contributed by atoms with Crippen LogP contribution in [0, 0.1) is 0 Å². The molecule has 1 aromatic rings. The zero-order valence-corrected chi connectivity index (χ0v) is 19.4. The molecule has 1 fully saturated rings. The summed E-state index contributed by atoms with van der Waals surface area (Å²) >= 11 is 0. The number of hydrogen-bond acceptors (Lipinski definition) is 13. The maximum Gasteiger partial charge on any atom is 0.347 e. The monoisotopic (exact) mass is 486 g/mol. The van der Waals surface area contributed by atoms with Crippen LogP contribution in [0.25, 0.3) is 0 Å². The van der Waals surface area contributed by atoms with Gasteiger partial charge in [0.15, 0.2) is 24.5 Å². The largest absolute Gasteiger partial charge is 0.463 e. The van der Waals surface area contributed by atoms with E-state index in [1.165, 1.54) is 19.0 Å². The van der Waals surface area contributed by atoms with E-state index < -0.39 is 72.4 Å². The van der Waals surface area contributed by atoms with Crippen LogP contribution in [-0.2, 0) is 42.9 Å². The number of H-pyrrole nitrogens is 1. The number of hydrogen-bond donors (Lipinski definition) is 1. The van der Waals surface area contributed by atoms with E-state index in [0.29, 0.717) is 4.68 Å². The Kier molecular flexibility index (Phi) is 8.51. The molecule has 2 rings (SSSR count). The van der Waals surface area contributed by atoms with Gasteiger partial charge < -0.3 is 28.6 Å². The molecule has 5 atom stereocenters. The Hall–Kier alpha value is -3.75. The summed E-state index contributed by atoms with van der Waals surface area (Å²) in [7, 11) is 3.00. The third-order valence-corrected chi connectivity index (χ3v) is 4.47. The van der Waals surface area contributed by atoms with Crippen LogP contribution >= 0.6 is 0 Å². The van der Waals surface area contributed by atoms with E-state index in [9.17, 15) is 28.8 Å². The molecule has 15 heteroatoms. The van der Waals surface area contributed by atoms with Gasteiger partial charge in [0, 0.05) is 41.8 Å². The van der Waals surface area contributed by atoms with E-state index in [1.807, 2.05) is 0 Å². The summed E-state index contributed by atoms with van der Waals surface area (Å²) < 4.78 is 27.4. The predicted octanol–water partition coefficient (Wildman–Crippen LogP) is -1.75. The molecule has 1 aliphatic rings. The molecule has 1 aromatic heterocycles. The van der Waals surface area contributed by atoms with Gasteiger partial charge in [-0.2, -0.15) is 4.68 Å². The van der Waals surface area contributed by atoms with Gasteiger partial charge in [0.05, 0.1) is 0 Å². The fourth-order valence-electron chi connectivity index (χ4n) is 3.27. The molecule has 0 saturated carbocycles. The quantitative estimate of drug-likeness (QED) is 0.338. The Morgan fingerprint density at radius 3 is 1.94 bits per heavy atom. The smallest absolute Gasteiger partial charge is 0.347 e. The van der Waals surface area contributed by atoms with Crippen LogP contribution in [0.2, 0.25) is 0 Å². The minimum Gasteiger partial charge on any atom is -0.463 e. The van der Waals surface area contributed by atoms with Crippen LogP contribution in [0.5, 0.6) is 0 Å². The van der Waals surface area contributed by atoms with Crippen molar-refractivity contribution in [2.24, 2.45) is 0 Å². The van der Waals surface area contributed by atoms with Crippen molar-refractivity contribution in [2.45, 2.75) is 58.3 Å². The maximum atomic E-state index is 12.6. The van der Waals surface area contributed by atoms with Gasteiger partial charge in [-0.3, -0.25) is 29.0 Å². The molecular weight excluding hydrogens is 460 g/mol. The minimum absolute atomic E-state index is 0.188. The van der Waals surface area contributed by atoms with E-state index in [4.69, 9.17) is 23.7 Å². The molecular formula is C19H26N4O11. The molecule has 0 unspecified atom stereocenters. The topological polar surface area (TPSA) is 185 Å². The van der Waals surface area contributed by atoms with Crippen molar-refractivity contribution in [3.05, 3.63) is 20.8 Å². The summed E-state index contributed by atoms with van der Waals surface area (Å²) in [4.78, 5) is 75.1. The Morgan fingerprint density at radius 2 is 1.44 bits per heavy atom. The van der Waals surface area contributed by atoms with Crippen molar-refractivity contribution in [3.8, 4) is 0 Å². The molecule has 0 spiro atoms. The van der Waals surface area contributed by atoms with Crippen molar-refractivity contribution >= 4 is 29.7 Å². The van der Waals surface area contributed by atoms with Crippen LogP contribution in [-0.4, -0.2) is 83.8 Å². The van der Waals surface area contributed by atoms with Crippen LogP contribution in [0.15, 0.2) is 9.59 Å². The first kappa shape index (κ1) is 26.5. The predicted molar refractivity (Wildman–Crippen MR) is 111 cm³/mol. The normalized spacial score (nSPS) is 24.0. The SMILES string of the molecule is CC(=O)OC[C@@H]1O[C@H](n2nc(N(C)C)c(=O)[nH]c2=O)[C@H](OC(C)=O)[C@H](OC(C)=O)[C@@H]1OC(C)=O. The van der Waals surface area contributed by atoms with E-state index in [2.05, 4.69) is 10.1 Å². The second kappa shape index (κ2) is 10.9. The maximum absolute atomic E-state index is 12.6. The molecule has 0 aliphatic carbocycles. The number of nitrogens with zero attached hydrogens (tertiary/aromatic N) is 3. The Labute approximate surface area is 192 Å². The van der Waals surface area contributed by atoms with Crippen molar-refractivity contribution in [1.82, 2.24) is 14.8 Å². The van der Waals surface area contributed by atoms with E-state index >= 15 is 0 Å². The van der Waals surface area contributed by atoms with E-state index in [-0.39, 0.29) is 5.82 Å². The molecule has 188 valence electrons. The average Bonchev–Trinajstić information content (AvgIpc) is 2.68. The molecule has 1 aliphatic heterocycles. The Morgan fingerprint density at radius 1 is 0.912 bits per heavy atom. The lowest BCUT2D eigenvalue weighted by molar-refractivity contribution is -0.271. The summed E-state index contributed by atoms with van der Waals surface area (Å²) in [5, 5.41) is 4.00. The highest BCUT2D eigenvalue weighted by molar-refractivity contribution is 5.68. The number of aromatic amines is 1. The standard InChI is InChI=1S/C19H26N4O11/c1-8(24)30-7-12-13(31-9(2)25)14(32-10(3)26)15(33-11(4)27)18(34-12)23-19(29)20-17(28)16(21-23)22(5)6/h12-15,18H,7H2,1-6H3,(H,20,28,29)/t12-,13+,14+,15+,18-/m0/s1. The molecule has 0 bridgehead atoms. The van der Waals surface area contributed by atoms with Crippen molar-refractivity contribution in [3.63, 3.8) is 0 Å². The van der Waals surface area contributed by atoms with Gasteiger partial charge in [-0.25, -0.2) is 4.79 Å². The van der Waals surface area contributed by atoms with Crippen LogP contribution in [0.1, 0.15) is 33.9 Å². The zero-order valence-electron chi connectivity index (χ0n) is 19.4. The van der Waals surface area contributed by atoms with Crippen LogP contribution in [0.4, 0.5) is 5.82 Å². The van der Waals surface area contributed by atoms with Crippen LogP contribution < -0.4 is 16.1 Å². The molecule has 34 heavy (non-hydrogen) atoms. The first-order chi connectivity index (χ1) is 15.8. The zero-order chi connectivity index (χ0) is 25.7. The van der Waals surface area contributed by atoms with Gasteiger partial charge in [0.2, 0.25) is 5.82 Å². The van der Waals surface area contributed by atoms with Crippen molar-refractivity contribution in [2.75, 3.05) is 25.6 Å². The highest BCUT2D eigenvalue weighted by Gasteiger charge is 2.53. The molecule has 0 amide bonds. The van der Waals surface area contributed by atoms with E-state index in [1.54, 1.807) is 0 Å². The highest BCUT2D eigenvalue weighted by Crippen LogP contribution is 2.33. The lowest BCUT2D eigenvalue weighted by Gasteiger charge is -2.44. The number of rotatable bonds is 7. The number of nitrogens with one attached hydrogen (secondary N) is 1. The van der Waals surface area contributed by atoms with Crippen LogP contribution in [0.3, 0.4) is 0 Å². The third-order valence-electron chi connectivity index (χ3n) is 4.47. The molecule has 0 radical (unpaired) electrons. The molecule has 1 N–H and O–H groups in total. The first-order valence-electron chi connectivity index (χ1n) is 10.0. The number of esters is 4. The van der Waals surface area contributed by atoms with Gasteiger partial charge in [-0.05, 0) is 0 Å². The summed E-state index contributed by atoms with van der Waals surface area (Å²) in [6.45, 7) is 3.85. The van der Waals surface area contributed by atoms with Gasteiger partial charge >= 0.3 is 29.6 Å².